The molecule has 0 aromatic heterocycles. The van der Waals surface area contributed by atoms with E-state index in [2.05, 4.69) is 0 Å². The second-order valence-electron chi connectivity index (χ2n) is 5.63. The van der Waals surface area contributed by atoms with Crippen LogP contribution < -0.4 is 5.73 Å². The summed E-state index contributed by atoms with van der Waals surface area (Å²) in [7, 11) is -3.57. The molecule has 0 spiro atoms. The molecule has 2 N–H and O–H groups in total. The van der Waals surface area contributed by atoms with Crippen molar-refractivity contribution >= 4 is 10.0 Å². The topological polar surface area (TPSA) is 87.2 Å². The van der Waals surface area contributed by atoms with Crippen molar-refractivity contribution in [2.24, 2.45) is 5.73 Å². The van der Waals surface area contributed by atoms with Crippen LogP contribution in [-0.4, -0.2) is 31.4 Å². The van der Waals surface area contributed by atoms with Gasteiger partial charge >= 0.3 is 0 Å². The summed E-state index contributed by atoms with van der Waals surface area (Å²) in [4.78, 5) is 0.272. The van der Waals surface area contributed by atoms with Crippen LogP contribution in [0, 0.1) is 18.3 Å². The largest absolute Gasteiger partial charge is 0.326 e. The van der Waals surface area contributed by atoms with E-state index in [1.165, 1.54) is 10.4 Å². The first-order valence-electron chi connectivity index (χ1n) is 7.16. The smallest absolute Gasteiger partial charge is 0.243 e. The highest BCUT2D eigenvalue weighted by Crippen LogP contribution is 2.28. The first-order valence-corrected chi connectivity index (χ1v) is 8.60. The van der Waals surface area contributed by atoms with Gasteiger partial charge in [-0.15, -0.1) is 0 Å². The Balaban J connectivity index is 2.43. The molecule has 114 valence electrons. The van der Waals surface area contributed by atoms with Gasteiger partial charge in [0.1, 0.15) is 0 Å². The number of benzene rings is 1. The van der Waals surface area contributed by atoms with Gasteiger partial charge in [-0.2, -0.15) is 9.57 Å². The Bertz CT molecular complexity index is 662. The fourth-order valence-corrected chi connectivity index (χ4v) is 4.87. The third-order valence-electron chi connectivity index (χ3n) is 4.00. The summed E-state index contributed by atoms with van der Waals surface area (Å²) >= 11 is 0. The van der Waals surface area contributed by atoms with Crippen molar-refractivity contribution in [2.75, 3.05) is 6.54 Å². The molecule has 1 fully saturated rings. The van der Waals surface area contributed by atoms with Gasteiger partial charge in [-0.25, -0.2) is 8.42 Å². The highest BCUT2D eigenvalue weighted by atomic mass is 32.2. The van der Waals surface area contributed by atoms with E-state index in [0.717, 1.165) is 19.3 Å². The Morgan fingerprint density at radius 1 is 1.43 bits per heavy atom. The van der Waals surface area contributed by atoms with Crippen LogP contribution in [0.3, 0.4) is 0 Å². The van der Waals surface area contributed by atoms with Crippen LogP contribution in [0.2, 0.25) is 0 Å². The van der Waals surface area contributed by atoms with E-state index in [4.69, 9.17) is 11.0 Å². The molecule has 6 heteroatoms. The second-order valence-corrected chi connectivity index (χ2v) is 7.49. The summed E-state index contributed by atoms with van der Waals surface area (Å²) < 4.78 is 27.4. The van der Waals surface area contributed by atoms with Gasteiger partial charge in [-0.1, -0.05) is 6.42 Å². The zero-order valence-electron chi connectivity index (χ0n) is 12.4. The Morgan fingerprint density at radius 2 is 2.14 bits per heavy atom. The van der Waals surface area contributed by atoms with Gasteiger partial charge in [0, 0.05) is 18.6 Å². The number of sulfonamides is 1. The molecule has 0 amide bonds. The zero-order valence-corrected chi connectivity index (χ0v) is 13.2. The summed E-state index contributed by atoms with van der Waals surface area (Å²) in [6, 6.07) is 6.35. The van der Waals surface area contributed by atoms with Crippen LogP contribution in [0.4, 0.5) is 0 Å². The molecule has 2 rings (SSSR count). The minimum atomic E-state index is -3.57. The Kier molecular flexibility index (Phi) is 4.67. The zero-order chi connectivity index (χ0) is 15.6. The number of nitriles is 1. The van der Waals surface area contributed by atoms with E-state index in [9.17, 15) is 8.42 Å². The van der Waals surface area contributed by atoms with Crippen LogP contribution in [0.5, 0.6) is 0 Å². The number of piperidine rings is 1. The number of aryl methyl sites for hydroxylation is 1. The monoisotopic (exact) mass is 307 g/mol. The Labute approximate surface area is 126 Å². The Hall–Kier alpha value is -1.42. The molecule has 0 aliphatic carbocycles. The van der Waals surface area contributed by atoms with E-state index in [1.54, 1.807) is 19.1 Å². The summed E-state index contributed by atoms with van der Waals surface area (Å²) in [5.41, 5.74) is 7.03. The van der Waals surface area contributed by atoms with Crippen LogP contribution in [0.1, 0.15) is 37.3 Å². The average molecular weight is 307 g/mol. The van der Waals surface area contributed by atoms with Gasteiger partial charge in [-0.3, -0.25) is 0 Å². The number of nitrogens with two attached hydrogens (primary N) is 1. The van der Waals surface area contributed by atoms with E-state index in [1.807, 2.05) is 13.0 Å². The number of nitrogens with zero attached hydrogens (tertiary/aromatic N) is 2. The van der Waals surface area contributed by atoms with Gasteiger partial charge in [0.2, 0.25) is 10.0 Å². The maximum absolute atomic E-state index is 12.9. The SMILES string of the molecule is Cc1cc(C#N)ccc1S(=O)(=O)N1CCCC[C@@H]1[C@H](C)N. The van der Waals surface area contributed by atoms with E-state index in [-0.39, 0.29) is 17.0 Å². The van der Waals surface area contributed by atoms with Crippen molar-refractivity contribution < 1.29 is 8.42 Å². The lowest BCUT2D eigenvalue weighted by atomic mass is 10.00. The molecule has 1 aliphatic rings. The van der Waals surface area contributed by atoms with E-state index >= 15 is 0 Å². The normalized spacial score (nSPS) is 21.7. The molecule has 1 aromatic rings. The van der Waals surface area contributed by atoms with Crippen LogP contribution >= 0.6 is 0 Å². The van der Waals surface area contributed by atoms with Crippen molar-refractivity contribution in [3.05, 3.63) is 29.3 Å². The molecule has 0 radical (unpaired) electrons. The first kappa shape index (κ1) is 16.0. The fraction of sp³-hybridized carbons (Fsp3) is 0.533. The standard InChI is InChI=1S/C15H21N3O2S/c1-11-9-13(10-16)6-7-15(11)21(19,20)18-8-4-3-5-14(18)12(2)17/h6-7,9,12,14H,3-5,8,17H2,1-2H3/t12-,14+/m0/s1. The van der Waals surface area contributed by atoms with Crippen molar-refractivity contribution in [3.8, 4) is 6.07 Å². The molecule has 0 saturated carbocycles. The van der Waals surface area contributed by atoms with Gasteiger partial charge in [0.15, 0.2) is 0 Å². The Morgan fingerprint density at radius 3 is 2.71 bits per heavy atom. The predicted molar refractivity (Wildman–Crippen MR) is 81.1 cm³/mol. The predicted octanol–water partition coefficient (Wildman–Crippen LogP) is 1.76. The number of hydrogen-bond donors (Lipinski definition) is 1. The van der Waals surface area contributed by atoms with Gasteiger partial charge in [0.25, 0.3) is 0 Å². The molecular weight excluding hydrogens is 286 g/mol. The molecule has 0 bridgehead atoms. The minimum Gasteiger partial charge on any atom is -0.326 e. The van der Waals surface area contributed by atoms with Gasteiger partial charge in [0.05, 0.1) is 16.5 Å². The first-order chi connectivity index (χ1) is 9.87. The molecule has 21 heavy (non-hydrogen) atoms. The molecule has 0 unspecified atom stereocenters. The molecule has 2 atom stereocenters. The van der Waals surface area contributed by atoms with Crippen LogP contribution in [-0.2, 0) is 10.0 Å². The van der Waals surface area contributed by atoms with E-state index < -0.39 is 10.0 Å². The van der Waals surface area contributed by atoms with Gasteiger partial charge < -0.3 is 5.73 Å². The van der Waals surface area contributed by atoms with Crippen molar-refractivity contribution in [1.82, 2.24) is 4.31 Å². The highest BCUT2D eigenvalue weighted by molar-refractivity contribution is 7.89. The average Bonchev–Trinajstić information content (AvgIpc) is 2.46. The quantitative estimate of drug-likeness (QED) is 0.921. The maximum Gasteiger partial charge on any atom is 0.243 e. The molecule has 1 aromatic carbocycles. The second kappa shape index (κ2) is 6.14. The molecule has 5 nitrogen and oxygen atoms in total. The molecule has 1 aliphatic heterocycles. The molecule has 1 saturated heterocycles. The molecule has 1 heterocycles. The number of hydrogen-bond acceptors (Lipinski definition) is 4. The fourth-order valence-electron chi connectivity index (χ4n) is 2.89. The highest BCUT2D eigenvalue weighted by Gasteiger charge is 2.35. The summed E-state index contributed by atoms with van der Waals surface area (Å²) in [5, 5.41) is 8.89. The lowest BCUT2D eigenvalue weighted by Crippen LogP contribution is -2.51. The van der Waals surface area contributed by atoms with E-state index in [0.29, 0.717) is 17.7 Å². The van der Waals surface area contributed by atoms with Crippen molar-refractivity contribution in [2.45, 2.75) is 50.1 Å². The minimum absolute atomic E-state index is 0.154. The third kappa shape index (κ3) is 3.10. The van der Waals surface area contributed by atoms with Crippen molar-refractivity contribution in [3.63, 3.8) is 0 Å². The van der Waals surface area contributed by atoms with Crippen LogP contribution in [0.15, 0.2) is 23.1 Å². The lowest BCUT2D eigenvalue weighted by Gasteiger charge is -2.37. The lowest BCUT2D eigenvalue weighted by molar-refractivity contribution is 0.227. The van der Waals surface area contributed by atoms with Gasteiger partial charge in [-0.05, 0) is 50.5 Å². The van der Waals surface area contributed by atoms with Crippen LogP contribution in [0.25, 0.3) is 0 Å². The summed E-state index contributed by atoms with van der Waals surface area (Å²) in [5.74, 6) is 0. The third-order valence-corrected chi connectivity index (χ3v) is 6.08. The maximum atomic E-state index is 12.9. The number of rotatable bonds is 3. The molecular formula is C15H21N3O2S. The summed E-state index contributed by atoms with van der Waals surface area (Å²) in [6.07, 6.45) is 2.66. The summed E-state index contributed by atoms with van der Waals surface area (Å²) in [6.45, 7) is 4.08. The van der Waals surface area contributed by atoms with Crippen molar-refractivity contribution in [1.29, 1.82) is 5.26 Å².